The maximum atomic E-state index is 12.8. The number of fused-ring (bicyclic) bond motifs is 1. The highest BCUT2D eigenvalue weighted by atomic mass is 32.2. The second kappa shape index (κ2) is 9.72. The molecule has 0 aliphatic heterocycles. The number of nitrogens with one attached hydrogen (secondary N) is 1. The topological polar surface area (TPSA) is 78.4 Å². The maximum Gasteiger partial charge on any atom is 0.242 e. The summed E-state index contributed by atoms with van der Waals surface area (Å²) in [7, 11) is -0.483. The van der Waals surface area contributed by atoms with E-state index in [0.717, 1.165) is 48.3 Å². The molecule has 0 atom stereocenters. The lowest BCUT2D eigenvalue weighted by molar-refractivity contribution is 0.316. The van der Waals surface area contributed by atoms with Gasteiger partial charge in [-0.1, -0.05) is 50.2 Å². The first kappa shape index (κ1) is 23.1. The Kier molecular flexibility index (Phi) is 7.25. The molecule has 0 aliphatic rings. The molecule has 8 heteroatoms. The molecule has 0 amide bonds. The fourth-order valence-electron chi connectivity index (χ4n) is 3.54. The third kappa shape index (κ3) is 4.87. The fourth-order valence-corrected chi connectivity index (χ4v) is 4.69. The van der Waals surface area contributed by atoms with Gasteiger partial charge >= 0.3 is 0 Å². The number of sulfonamides is 1. The van der Waals surface area contributed by atoms with Gasteiger partial charge in [-0.15, -0.1) is 10.2 Å². The Bertz CT molecular complexity index is 1160. The van der Waals surface area contributed by atoms with Crippen LogP contribution in [0.5, 0.6) is 0 Å². The molecule has 0 unspecified atom stereocenters. The predicted octanol–water partition coefficient (Wildman–Crippen LogP) is 3.61. The molecule has 31 heavy (non-hydrogen) atoms. The van der Waals surface area contributed by atoms with E-state index < -0.39 is 10.0 Å². The quantitative estimate of drug-likeness (QED) is 0.547. The molecule has 1 aromatic heterocycles. The molecule has 0 bridgehead atoms. The van der Waals surface area contributed by atoms with Crippen molar-refractivity contribution in [1.29, 1.82) is 0 Å². The van der Waals surface area contributed by atoms with Gasteiger partial charge in [0.15, 0.2) is 5.82 Å². The summed E-state index contributed by atoms with van der Waals surface area (Å²) in [6, 6.07) is 13.3. The Morgan fingerprint density at radius 3 is 2.29 bits per heavy atom. The third-order valence-corrected chi connectivity index (χ3v) is 7.48. The number of hydrogen-bond acceptors (Lipinski definition) is 6. The van der Waals surface area contributed by atoms with Crippen LogP contribution in [0.4, 0.5) is 5.82 Å². The highest BCUT2D eigenvalue weighted by Crippen LogP contribution is 2.32. The number of aromatic nitrogens is 2. The largest absolute Gasteiger partial charge is 0.367 e. The summed E-state index contributed by atoms with van der Waals surface area (Å²) < 4.78 is 26.7. The first-order valence-electron chi connectivity index (χ1n) is 10.5. The molecule has 0 fully saturated rings. The monoisotopic (exact) mass is 441 g/mol. The van der Waals surface area contributed by atoms with E-state index in [1.165, 1.54) is 18.4 Å². The number of hydrogen-bond donors (Lipinski definition) is 1. The SMILES string of the molecule is CCN(CC)CCNc1nnc(-c2ccc(C)c(S(=O)(=O)N(C)C)c2)c2ccccc12. The Morgan fingerprint density at radius 2 is 1.65 bits per heavy atom. The Labute approximate surface area is 185 Å². The zero-order valence-corrected chi connectivity index (χ0v) is 19.7. The summed E-state index contributed by atoms with van der Waals surface area (Å²) in [6.45, 7) is 9.82. The lowest BCUT2D eigenvalue weighted by Gasteiger charge is -2.19. The van der Waals surface area contributed by atoms with Crippen molar-refractivity contribution >= 4 is 26.6 Å². The van der Waals surface area contributed by atoms with E-state index in [-0.39, 0.29) is 4.90 Å². The zero-order valence-electron chi connectivity index (χ0n) is 18.9. The maximum absolute atomic E-state index is 12.8. The number of rotatable bonds is 9. The zero-order chi connectivity index (χ0) is 22.6. The molecule has 0 radical (unpaired) electrons. The summed E-state index contributed by atoms with van der Waals surface area (Å²) in [4.78, 5) is 2.62. The average molecular weight is 442 g/mol. The van der Waals surface area contributed by atoms with Crippen LogP contribution in [-0.4, -0.2) is 68.1 Å². The smallest absolute Gasteiger partial charge is 0.242 e. The number of likely N-dealkylation sites (N-methyl/N-ethyl adjacent to an activating group) is 1. The van der Waals surface area contributed by atoms with Crippen LogP contribution in [-0.2, 0) is 10.0 Å². The number of nitrogens with zero attached hydrogens (tertiary/aromatic N) is 4. The number of anilines is 1. The minimum atomic E-state index is -3.56. The van der Waals surface area contributed by atoms with E-state index in [1.54, 1.807) is 13.0 Å². The summed E-state index contributed by atoms with van der Waals surface area (Å²) in [5, 5.41) is 14.2. The van der Waals surface area contributed by atoms with Gasteiger partial charge in [0, 0.05) is 43.5 Å². The second-order valence-corrected chi connectivity index (χ2v) is 9.78. The van der Waals surface area contributed by atoms with Crippen molar-refractivity contribution in [3.05, 3.63) is 48.0 Å². The van der Waals surface area contributed by atoms with Crippen molar-refractivity contribution in [1.82, 2.24) is 19.4 Å². The van der Waals surface area contributed by atoms with Crippen molar-refractivity contribution < 1.29 is 8.42 Å². The average Bonchev–Trinajstić information content (AvgIpc) is 2.77. The van der Waals surface area contributed by atoms with Gasteiger partial charge in [-0.2, -0.15) is 0 Å². The molecule has 7 nitrogen and oxygen atoms in total. The number of benzene rings is 2. The van der Waals surface area contributed by atoms with Crippen LogP contribution in [0, 0.1) is 6.92 Å². The lowest BCUT2D eigenvalue weighted by atomic mass is 10.0. The molecular weight excluding hydrogens is 410 g/mol. The van der Waals surface area contributed by atoms with Gasteiger partial charge in [0.25, 0.3) is 0 Å². The lowest BCUT2D eigenvalue weighted by Crippen LogP contribution is -2.28. The first-order valence-corrected chi connectivity index (χ1v) is 12.0. The summed E-state index contributed by atoms with van der Waals surface area (Å²) in [6.07, 6.45) is 0. The van der Waals surface area contributed by atoms with Gasteiger partial charge in [0.1, 0.15) is 5.69 Å². The second-order valence-electron chi connectivity index (χ2n) is 7.66. The molecule has 1 N–H and O–H groups in total. The van der Waals surface area contributed by atoms with Crippen LogP contribution in [0.2, 0.25) is 0 Å². The van der Waals surface area contributed by atoms with Crippen molar-refractivity contribution in [3.63, 3.8) is 0 Å². The van der Waals surface area contributed by atoms with E-state index in [0.29, 0.717) is 11.3 Å². The minimum absolute atomic E-state index is 0.280. The van der Waals surface area contributed by atoms with Gasteiger partial charge in [0.2, 0.25) is 10.0 Å². The van der Waals surface area contributed by atoms with Crippen LogP contribution >= 0.6 is 0 Å². The predicted molar refractivity (Wildman–Crippen MR) is 127 cm³/mol. The van der Waals surface area contributed by atoms with Gasteiger partial charge in [-0.3, -0.25) is 0 Å². The molecule has 0 saturated carbocycles. The Balaban J connectivity index is 2.02. The third-order valence-electron chi connectivity index (χ3n) is 5.52. The molecule has 1 heterocycles. The van der Waals surface area contributed by atoms with Crippen LogP contribution in [0.15, 0.2) is 47.4 Å². The van der Waals surface area contributed by atoms with E-state index in [4.69, 9.17) is 0 Å². The highest BCUT2D eigenvalue weighted by molar-refractivity contribution is 7.89. The van der Waals surface area contributed by atoms with Gasteiger partial charge < -0.3 is 10.2 Å². The van der Waals surface area contributed by atoms with Gasteiger partial charge in [-0.05, 0) is 31.6 Å². The molecule has 3 rings (SSSR count). The Hall–Kier alpha value is -2.55. The van der Waals surface area contributed by atoms with Gasteiger partial charge in [-0.25, -0.2) is 12.7 Å². The fraction of sp³-hybridized carbons (Fsp3) is 0.391. The van der Waals surface area contributed by atoms with Crippen molar-refractivity contribution in [2.24, 2.45) is 0 Å². The molecule has 0 saturated heterocycles. The van der Waals surface area contributed by atoms with E-state index in [9.17, 15) is 8.42 Å². The van der Waals surface area contributed by atoms with E-state index in [1.807, 2.05) is 36.4 Å². The van der Waals surface area contributed by atoms with E-state index in [2.05, 4.69) is 34.3 Å². The van der Waals surface area contributed by atoms with Crippen LogP contribution in [0.3, 0.4) is 0 Å². The summed E-state index contributed by atoms with van der Waals surface area (Å²) in [5.74, 6) is 0.736. The standard InChI is InChI=1S/C23H31N5O2S/c1-6-28(7-2)15-14-24-23-20-11-9-8-10-19(20)22(25-26-23)18-13-12-17(3)21(16-18)31(29,30)27(4)5/h8-13,16H,6-7,14-15H2,1-5H3,(H,24,26). The highest BCUT2D eigenvalue weighted by Gasteiger charge is 2.21. The Morgan fingerprint density at radius 1 is 0.968 bits per heavy atom. The molecule has 0 spiro atoms. The molecule has 0 aliphatic carbocycles. The molecule has 3 aromatic rings. The summed E-state index contributed by atoms with van der Waals surface area (Å²) >= 11 is 0. The molecule has 166 valence electrons. The van der Waals surface area contributed by atoms with Crippen LogP contribution in [0.25, 0.3) is 22.0 Å². The van der Waals surface area contributed by atoms with E-state index >= 15 is 0 Å². The van der Waals surface area contributed by atoms with Crippen LogP contribution < -0.4 is 5.32 Å². The van der Waals surface area contributed by atoms with Crippen LogP contribution in [0.1, 0.15) is 19.4 Å². The van der Waals surface area contributed by atoms with Crippen molar-refractivity contribution in [2.75, 3.05) is 45.6 Å². The van der Waals surface area contributed by atoms with Gasteiger partial charge in [0.05, 0.1) is 4.90 Å². The first-order chi connectivity index (χ1) is 14.8. The minimum Gasteiger partial charge on any atom is -0.367 e. The summed E-state index contributed by atoms with van der Waals surface area (Å²) in [5.41, 5.74) is 2.09. The number of aryl methyl sites for hydroxylation is 1. The van der Waals surface area contributed by atoms with Crippen molar-refractivity contribution in [2.45, 2.75) is 25.7 Å². The normalized spacial score (nSPS) is 12.1. The molecular formula is C23H31N5O2S. The molecule has 2 aromatic carbocycles. The van der Waals surface area contributed by atoms with Crippen molar-refractivity contribution in [3.8, 4) is 11.3 Å².